The number of nitrogens with two attached hydrogens (primary N) is 1. The molecule has 0 atom stereocenters. The van der Waals surface area contributed by atoms with E-state index in [1.54, 1.807) is 7.11 Å². The molecule has 20 heavy (non-hydrogen) atoms. The van der Waals surface area contributed by atoms with Crippen molar-refractivity contribution in [3.05, 3.63) is 42.0 Å². The van der Waals surface area contributed by atoms with E-state index in [0.717, 1.165) is 33.9 Å². The van der Waals surface area contributed by atoms with Gasteiger partial charge in [0, 0.05) is 12.1 Å². The standard InChI is InChI=1S/C16H17NO3/c1-18-14-4-2-11(10-17)8-13(14)12-3-5-15-16(9-12)20-7-6-19-15/h2-5,8-9H,6-7,10,17H2,1H3. The first-order valence-corrected chi connectivity index (χ1v) is 6.59. The molecule has 0 saturated carbocycles. The first-order chi connectivity index (χ1) is 9.81. The van der Waals surface area contributed by atoms with Gasteiger partial charge in [-0.15, -0.1) is 0 Å². The van der Waals surface area contributed by atoms with Gasteiger partial charge in [-0.25, -0.2) is 0 Å². The monoisotopic (exact) mass is 271 g/mol. The second kappa shape index (κ2) is 5.43. The molecule has 0 radical (unpaired) electrons. The Labute approximate surface area is 118 Å². The summed E-state index contributed by atoms with van der Waals surface area (Å²) in [5.74, 6) is 2.38. The van der Waals surface area contributed by atoms with Gasteiger partial charge in [0.1, 0.15) is 19.0 Å². The smallest absolute Gasteiger partial charge is 0.161 e. The van der Waals surface area contributed by atoms with Crippen molar-refractivity contribution >= 4 is 0 Å². The Morgan fingerprint density at radius 1 is 1.05 bits per heavy atom. The van der Waals surface area contributed by atoms with Crippen molar-refractivity contribution in [2.45, 2.75) is 6.54 Å². The number of benzene rings is 2. The number of ether oxygens (including phenoxy) is 3. The number of rotatable bonds is 3. The molecule has 0 unspecified atom stereocenters. The summed E-state index contributed by atoms with van der Waals surface area (Å²) in [5.41, 5.74) is 8.82. The Kier molecular flexibility index (Phi) is 3.48. The summed E-state index contributed by atoms with van der Waals surface area (Å²) in [6, 6.07) is 11.9. The Balaban J connectivity index is 2.07. The van der Waals surface area contributed by atoms with Gasteiger partial charge in [-0.2, -0.15) is 0 Å². The van der Waals surface area contributed by atoms with Crippen molar-refractivity contribution < 1.29 is 14.2 Å². The molecule has 0 saturated heterocycles. The van der Waals surface area contributed by atoms with Crippen LogP contribution in [0.1, 0.15) is 5.56 Å². The molecule has 104 valence electrons. The quantitative estimate of drug-likeness (QED) is 0.932. The van der Waals surface area contributed by atoms with Gasteiger partial charge in [0.15, 0.2) is 11.5 Å². The average Bonchev–Trinajstić information content (AvgIpc) is 2.53. The van der Waals surface area contributed by atoms with Crippen LogP contribution in [0, 0.1) is 0 Å². The summed E-state index contributed by atoms with van der Waals surface area (Å²) in [4.78, 5) is 0. The minimum Gasteiger partial charge on any atom is -0.496 e. The molecule has 0 amide bonds. The van der Waals surface area contributed by atoms with Crippen LogP contribution < -0.4 is 19.9 Å². The van der Waals surface area contributed by atoms with Crippen LogP contribution in [0.2, 0.25) is 0 Å². The maximum Gasteiger partial charge on any atom is 0.161 e. The second-order valence-corrected chi connectivity index (χ2v) is 4.60. The highest BCUT2D eigenvalue weighted by Gasteiger charge is 2.14. The van der Waals surface area contributed by atoms with Crippen molar-refractivity contribution in [3.8, 4) is 28.4 Å². The lowest BCUT2D eigenvalue weighted by atomic mass is 10.0. The lowest BCUT2D eigenvalue weighted by Gasteiger charge is -2.19. The van der Waals surface area contributed by atoms with E-state index in [1.807, 2.05) is 36.4 Å². The summed E-state index contributed by atoms with van der Waals surface area (Å²) in [6.45, 7) is 1.68. The molecule has 0 fully saturated rings. The van der Waals surface area contributed by atoms with Crippen LogP contribution in [0.5, 0.6) is 17.2 Å². The summed E-state index contributed by atoms with van der Waals surface area (Å²) in [6.07, 6.45) is 0. The lowest BCUT2D eigenvalue weighted by molar-refractivity contribution is 0.171. The van der Waals surface area contributed by atoms with Crippen LogP contribution in [0.25, 0.3) is 11.1 Å². The Morgan fingerprint density at radius 3 is 2.60 bits per heavy atom. The fraction of sp³-hybridized carbons (Fsp3) is 0.250. The third-order valence-corrected chi connectivity index (χ3v) is 3.35. The van der Waals surface area contributed by atoms with Gasteiger partial charge in [0.05, 0.1) is 7.11 Å². The zero-order chi connectivity index (χ0) is 13.9. The van der Waals surface area contributed by atoms with Crippen LogP contribution in [-0.2, 0) is 6.54 Å². The molecule has 0 aromatic heterocycles. The molecule has 2 aromatic carbocycles. The van der Waals surface area contributed by atoms with Crippen molar-refractivity contribution in [3.63, 3.8) is 0 Å². The Bertz CT molecular complexity index is 625. The van der Waals surface area contributed by atoms with Gasteiger partial charge in [-0.1, -0.05) is 12.1 Å². The molecule has 4 nitrogen and oxygen atoms in total. The van der Waals surface area contributed by atoms with Crippen LogP contribution in [0.15, 0.2) is 36.4 Å². The van der Waals surface area contributed by atoms with E-state index in [9.17, 15) is 0 Å². The summed E-state index contributed by atoms with van der Waals surface area (Å²) < 4.78 is 16.6. The fourth-order valence-corrected chi connectivity index (χ4v) is 2.32. The molecule has 1 heterocycles. The van der Waals surface area contributed by atoms with E-state index < -0.39 is 0 Å². The van der Waals surface area contributed by atoms with Crippen LogP contribution in [0.4, 0.5) is 0 Å². The van der Waals surface area contributed by atoms with E-state index >= 15 is 0 Å². The van der Waals surface area contributed by atoms with E-state index in [0.29, 0.717) is 19.8 Å². The number of hydrogen-bond donors (Lipinski definition) is 1. The third kappa shape index (κ3) is 2.30. The Hall–Kier alpha value is -2.20. The van der Waals surface area contributed by atoms with Crippen molar-refractivity contribution in [2.24, 2.45) is 5.73 Å². The SMILES string of the molecule is COc1ccc(CN)cc1-c1ccc2c(c1)OCCO2. The normalized spacial score (nSPS) is 13.1. The summed E-state index contributed by atoms with van der Waals surface area (Å²) in [5, 5.41) is 0. The zero-order valence-electron chi connectivity index (χ0n) is 11.4. The molecule has 2 aromatic rings. The van der Waals surface area contributed by atoms with Crippen molar-refractivity contribution in [2.75, 3.05) is 20.3 Å². The molecule has 1 aliphatic rings. The minimum absolute atomic E-state index is 0.502. The van der Waals surface area contributed by atoms with Gasteiger partial charge < -0.3 is 19.9 Å². The molecule has 0 spiro atoms. The maximum absolute atomic E-state index is 5.71. The Morgan fingerprint density at radius 2 is 1.85 bits per heavy atom. The van der Waals surface area contributed by atoms with Crippen LogP contribution >= 0.6 is 0 Å². The zero-order valence-corrected chi connectivity index (χ0v) is 11.4. The van der Waals surface area contributed by atoms with Crippen LogP contribution in [-0.4, -0.2) is 20.3 Å². The van der Waals surface area contributed by atoms with E-state index in [-0.39, 0.29) is 0 Å². The highest BCUT2D eigenvalue weighted by atomic mass is 16.6. The number of methoxy groups -OCH3 is 1. The van der Waals surface area contributed by atoms with Gasteiger partial charge in [0.25, 0.3) is 0 Å². The molecular formula is C16H17NO3. The van der Waals surface area contributed by atoms with E-state index in [1.165, 1.54) is 0 Å². The molecule has 0 bridgehead atoms. The highest BCUT2D eigenvalue weighted by Crippen LogP contribution is 2.38. The topological polar surface area (TPSA) is 53.7 Å². The summed E-state index contributed by atoms with van der Waals surface area (Å²) >= 11 is 0. The average molecular weight is 271 g/mol. The third-order valence-electron chi connectivity index (χ3n) is 3.35. The lowest BCUT2D eigenvalue weighted by Crippen LogP contribution is -2.15. The molecule has 4 heteroatoms. The molecular weight excluding hydrogens is 254 g/mol. The first kappa shape index (κ1) is 12.8. The molecule has 2 N–H and O–H groups in total. The van der Waals surface area contributed by atoms with Gasteiger partial charge in [0.2, 0.25) is 0 Å². The second-order valence-electron chi connectivity index (χ2n) is 4.60. The number of hydrogen-bond acceptors (Lipinski definition) is 4. The predicted molar refractivity (Wildman–Crippen MR) is 77.3 cm³/mol. The number of fused-ring (bicyclic) bond motifs is 1. The first-order valence-electron chi connectivity index (χ1n) is 6.59. The van der Waals surface area contributed by atoms with Crippen LogP contribution in [0.3, 0.4) is 0 Å². The minimum atomic E-state index is 0.502. The van der Waals surface area contributed by atoms with Gasteiger partial charge in [-0.3, -0.25) is 0 Å². The molecule has 0 aliphatic carbocycles. The predicted octanol–water partition coefficient (Wildman–Crippen LogP) is 2.59. The molecule has 1 aliphatic heterocycles. The van der Waals surface area contributed by atoms with E-state index in [2.05, 4.69) is 0 Å². The largest absolute Gasteiger partial charge is 0.496 e. The van der Waals surface area contributed by atoms with E-state index in [4.69, 9.17) is 19.9 Å². The summed E-state index contributed by atoms with van der Waals surface area (Å²) in [7, 11) is 1.67. The van der Waals surface area contributed by atoms with Gasteiger partial charge >= 0.3 is 0 Å². The van der Waals surface area contributed by atoms with Crippen molar-refractivity contribution in [1.29, 1.82) is 0 Å². The highest BCUT2D eigenvalue weighted by molar-refractivity contribution is 5.73. The fourth-order valence-electron chi connectivity index (χ4n) is 2.32. The maximum atomic E-state index is 5.71. The molecule has 3 rings (SSSR count). The van der Waals surface area contributed by atoms with Gasteiger partial charge in [-0.05, 0) is 35.4 Å². The van der Waals surface area contributed by atoms with Crippen molar-refractivity contribution in [1.82, 2.24) is 0 Å².